The number of aromatic amines is 1. The second kappa shape index (κ2) is 10.0. The average Bonchev–Trinajstić information content (AvgIpc) is 3.31. The van der Waals surface area contributed by atoms with Crippen LogP contribution in [0.5, 0.6) is 0 Å². The number of aromatic nitrogens is 4. The minimum absolute atomic E-state index is 0.0741. The van der Waals surface area contributed by atoms with Gasteiger partial charge in [0.2, 0.25) is 11.9 Å². The summed E-state index contributed by atoms with van der Waals surface area (Å²) in [5, 5.41) is 5.95. The molecule has 1 aliphatic carbocycles. The van der Waals surface area contributed by atoms with Crippen molar-refractivity contribution >= 4 is 11.9 Å². The zero-order valence-corrected chi connectivity index (χ0v) is 20.9. The predicted octanol–water partition coefficient (Wildman–Crippen LogP) is 1.55. The third-order valence-electron chi connectivity index (χ3n) is 7.63. The molecule has 0 radical (unpaired) electrons. The molecule has 10 nitrogen and oxygen atoms in total. The molecule has 0 unspecified atom stereocenters. The van der Waals surface area contributed by atoms with Gasteiger partial charge in [-0.15, -0.1) is 0 Å². The van der Waals surface area contributed by atoms with Gasteiger partial charge in [-0.3, -0.25) is 19.4 Å². The lowest BCUT2D eigenvalue weighted by atomic mass is 10.1. The summed E-state index contributed by atoms with van der Waals surface area (Å²) in [5.41, 5.74) is -3.28. The van der Waals surface area contributed by atoms with Crippen molar-refractivity contribution in [3.05, 3.63) is 45.1 Å². The lowest BCUT2D eigenvalue weighted by Crippen LogP contribution is -2.61. The van der Waals surface area contributed by atoms with E-state index >= 15 is 0 Å². The quantitative estimate of drug-likeness (QED) is 0.565. The standard InChI is InChI=1S/C23H26F6N8O2/c1-34-4-5-37(15-3-2-14-17(23(27,28)29)19(38)33-32-18(14)15)12-16(34)20(39)35-6-8-36(9-7-35)21-30-10-13(11-31-21)22(24,25)26/h10-11,15-16H,2-9,12H2,1H3,(H,33,38)/t15-,16+/m0/s1. The Labute approximate surface area is 218 Å². The van der Waals surface area contributed by atoms with Crippen LogP contribution in [0.3, 0.4) is 0 Å². The smallest absolute Gasteiger partial charge is 0.338 e. The molecular weight excluding hydrogens is 534 g/mol. The molecular formula is C23H26F6N8O2. The number of likely N-dealkylation sites (N-methyl/N-ethyl adjacent to an activating group) is 1. The fourth-order valence-electron chi connectivity index (χ4n) is 5.51. The number of amides is 1. The van der Waals surface area contributed by atoms with Crippen molar-refractivity contribution in [1.29, 1.82) is 0 Å². The third kappa shape index (κ3) is 5.31. The van der Waals surface area contributed by atoms with E-state index in [1.807, 2.05) is 21.9 Å². The van der Waals surface area contributed by atoms with Gasteiger partial charge in [0.1, 0.15) is 11.6 Å². The van der Waals surface area contributed by atoms with Crippen molar-refractivity contribution in [1.82, 2.24) is 34.9 Å². The first-order chi connectivity index (χ1) is 18.3. The Bertz CT molecular complexity index is 1270. The number of nitrogens with zero attached hydrogens (tertiary/aromatic N) is 7. The zero-order valence-electron chi connectivity index (χ0n) is 20.9. The molecule has 3 aliphatic rings. The summed E-state index contributed by atoms with van der Waals surface area (Å²) >= 11 is 0. The largest absolute Gasteiger partial charge is 0.422 e. The summed E-state index contributed by atoms with van der Waals surface area (Å²) in [6.45, 7) is 2.62. The highest BCUT2D eigenvalue weighted by Crippen LogP contribution is 2.40. The van der Waals surface area contributed by atoms with Crippen LogP contribution in [-0.2, 0) is 23.6 Å². The molecule has 2 saturated heterocycles. The number of hydrogen-bond acceptors (Lipinski definition) is 8. The molecule has 2 aromatic heterocycles. The van der Waals surface area contributed by atoms with E-state index < -0.39 is 41.1 Å². The van der Waals surface area contributed by atoms with E-state index in [9.17, 15) is 35.9 Å². The average molecular weight is 561 g/mol. The molecule has 5 rings (SSSR count). The summed E-state index contributed by atoms with van der Waals surface area (Å²) in [5.74, 6) is 0.0125. The van der Waals surface area contributed by atoms with Crippen LogP contribution in [0.25, 0.3) is 0 Å². The Kier molecular flexibility index (Phi) is 7.03. The monoisotopic (exact) mass is 560 g/mol. The molecule has 2 atom stereocenters. The molecule has 16 heteroatoms. The van der Waals surface area contributed by atoms with Crippen molar-refractivity contribution in [3.8, 4) is 0 Å². The van der Waals surface area contributed by atoms with Gasteiger partial charge in [0.05, 0.1) is 17.3 Å². The normalized spacial score (nSPS) is 23.3. The number of carbonyl (C=O) groups is 1. The van der Waals surface area contributed by atoms with Gasteiger partial charge in [0, 0.05) is 58.2 Å². The first kappa shape index (κ1) is 27.3. The highest BCUT2D eigenvalue weighted by Gasteiger charge is 2.44. The van der Waals surface area contributed by atoms with Crippen molar-refractivity contribution in [2.75, 3.05) is 57.8 Å². The second-order valence-electron chi connectivity index (χ2n) is 9.92. The fraction of sp³-hybridized carbons (Fsp3) is 0.609. The Morgan fingerprint density at radius 2 is 1.64 bits per heavy atom. The second-order valence-corrected chi connectivity index (χ2v) is 9.92. The van der Waals surface area contributed by atoms with Crippen LogP contribution in [0, 0.1) is 0 Å². The summed E-state index contributed by atoms with van der Waals surface area (Å²) in [7, 11) is 1.81. The summed E-state index contributed by atoms with van der Waals surface area (Å²) < 4.78 is 78.9. The molecule has 2 aliphatic heterocycles. The number of fused-ring (bicyclic) bond motifs is 1. The minimum atomic E-state index is -4.79. The number of halogens is 6. The van der Waals surface area contributed by atoms with E-state index in [0.717, 1.165) is 12.4 Å². The number of anilines is 1. The summed E-state index contributed by atoms with van der Waals surface area (Å²) in [6, 6.07) is -0.989. The van der Waals surface area contributed by atoms with Crippen LogP contribution in [-0.4, -0.2) is 99.7 Å². The molecule has 212 valence electrons. The molecule has 0 bridgehead atoms. The first-order valence-corrected chi connectivity index (χ1v) is 12.4. The molecule has 0 saturated carbocycles. The molecule has 1 amide bonds. The first-order valence-electron chi connectivity index (χ1n) is 12.4. The van der Waals surface area contributed by atoms with Crippen LogP contribution in [0.4, 0.5) is 32.3 Å². The zero-order chi connectivity index (χ0) is 28.1. The maximum Gasteiger partial charge on any atom is 0.422 e. The van der Waals surface area contributed by atoms with Crippen LogP contribution in [0.1, 0.15) is 34.8 Å². The van der Waals surface area contributed by atoms with Crippen LogP contribution >= 0.6 is 0 Å². The summed E-state index contributed by atoms with van der Waals surface area (Å²) in [6.07, 6.45) is -7.42. The number of rotatable bonds is 3. The van der Waals surface area contributed by atoms with E-state index in [2.05, 4.69) is 15.1 Å². The number of piperazine rings is 2. The number of nitrogens with one attached hydrogen (secondary N) is 1. The van der Waals surface area contributed by atoms with Crippen molar-refractivity contribution < 1.29 is 31.1 Å². The van der Waals surface area contributed by atoms with Crippen molar-refractivity contribution in [2.45, 2.75) is 37.3 Å². The van der Waals surface area contributed by atoms with E-state index in [1.165, 1.54) is 0 Å². The fourth-order valence-corrected chi connectivity index (χ4v) is 5.51. The van der Waals surface area contributed by atoms with E-state index in [1.54, 1.807) is 9.80 Å². The maximum atomic E-state index is 13.5. The van der Waals surface area contributed by atoms with Crippen LogP contribution in [0.15, 0.2) is 17.2 Å². The van der Waals surface area contributed by atoms with Gasteiger partial charge in [-0.05, 0) is 25.5 Å². The molecule has 0 aromatic carbocycles. The molecule has 0 spiro atoms. The Morgan fingerprint density at radius 1 is 0.974 bits per heavy atom. The number of H-pyrrole nitrogens is 1. The van der Waals surface area contributed by atoms with Crippen LogP contribution < -0.4 is 10.5 Å². The highest BCUT2D eigenvalue weighted by molar-refractivity contribution is 5.82. The van der Waals surface area contributed by atoms with Gasteiger partial charge < -0.3 is 9.80 Å². The molecule has 2 fully saturated rings. The van der Waals surface area contributed by atoms with Gasteiger partial charge in [-0.1, -0.05) is 0 Å². The summed E-state index contributed by atoms with van der Waals surface area (Å²) in [4.78, 5) is 40.2. The molecule has 2 aromatic rings. The SMILES string of the molecule is CN1CCN([C@H]2CCc3c2n[nH]c(=O)c3C(F)(F)F)C[C@@H]1C(=O)N1CCN(c2ncc(C(F)(F)F)cn2)CC1. The van der Waals surface area contributed by atoms with E-state index in [4.69, 9.17) is 0 Å². The minimum Gasteiger partial charge on any atom is -0.338 e. The number of hydrogen-bond donors (Lipinski definition) is 1. The number of alkyl halides is 6. The Balaban J connectivity index is 1.24. The van der Waals surface area contributed by atoms with Crippen LogP contribution in [0.2, 0.25) is 0 Å². The van der Waals surface area contributed by atoms with E-state index in [0.29, 0.717) is 45.7 Å². The van der Waals surface area contributed by atoms with Gasteiger partial charge in [0.15, 0.2) is 0 Å². The molecule has 1 N–H and O–H groups in total. The van der Waals surface area contributed by atoms with Gasteiger partial charge >= 0.3 is 12.4 Å². The molecule has 39 heavy (non-hydrogen) atoms. The van der Waals surface area contributed by atoms with Crippen molar-refractivity contribution in [2.24, 2.45) is 0 Å². The lowest BCUT2D eigenvalue weighted by Gasteiger charge is -2.44. The topological polar surface area (TPSA) is 102 Å². The van der Waals surface area contributed by atoms with Gasteiger partial charge in [0.25, 0.3) is 5.56 Å². The molecule has 4 heterocycles. The Morgan fingerprint density at radius 3 is 2.26 bits per heavy atom. The van der Waals surface area contributed by atoms with Gasteiger partial charge in [-0.2, -0.15) is 31.4 Å². The lowest BCUT2D eigenvalue weighted by molar-refractivity contribution is -0.140. The van der Waals surface area contributed by atoms with Gasteiger partial charge in [-0.25, -0.2) is 15.1 Å². The van der Waals surface area contributed by atoms with E-state index in [-0.39, 0.29) is 36.1 Å². The maximum absolute atomic E-state index is 13.5. The third-order valence-corrected chi connectivity index (χ3v) is 7.63. The van der Waals surface area contributed by atoms with Crippen molar-refractivity contribution in [3.63, 3.8) is 0 Å². The number of carbonyl (C=O) groups excluding carboxylic acids is 1. The Hall–Kier alpha value is -3.27. The predicted molar refractivity (Wildman–Crippen MR) is 125 cm³/mol. The highest BCUT2D eigenvalue weighted by atomic mass is 19.4.